The molecule has 1 aromatic carbocycles. The maximum Gasteiger partial charge on any atom is 0.137 e. The van der Waals surface area contributed by atoms with Crippen molar-refractivity contribution in [2.24, 2.45) is 0 Å². The topological polar surface area (TPSA) is 53.1 Å². The molecule has 1 heterocycles. The lowest BCUT2D eigenvalue weighted by atomic mass is 10.2. The highest BCUT2D eigenvalue weighted by Gasteiger charge is 2.08. The number of benzene rings is 1. The number of methoxy groups -OCH3 is 1. The molecule has 96 valence electrons. The summed E-state index contributed by atoms with van der Waals surface area (Å²) in [6.07, 6.45) is 1.96. The molecule has 2 rings (SSSR count). The molecule has 0 aliphatic carbocycles. The van der Waals surface area contributed by atoms with Gasteiger partial charge in [-0.05, 0) is 24.6 Å². The minimum atomic E-state index is 0.543. The van der Waals surface area contributed by atoms with Crippen LogP contribution in [0.1, 0.15) is 19.0 Å². The third-order valence-electron chi connectivity index (χ3n) is 2.67. The Morgan fingerprint density at radius 1 is 1.39 bits per heavy atom. The van der Waals surface area contributed by atoms with Crippen molar-refractivity contribution >= 4 is 17.4 Å². The monoisotopic (exact) mass is 265 g/mol. The summed E-state index contributed by atoms with van der Waals surface area (Å²) in [5.41, 5.74) is 7.77. The standard InChI is InChI=1S/C13H16ClN3O/c1-3-4-9-7-13(15)17(16-9)10-5-6-12(18-2)11(14)8-10/h5-8H,3-4,15H2,1-2H3. The Hall–Kier alpha value is -1.68. The largest absolute Gasteiger partial charge is 0.495 e. The summed E-state index contributed by atoms with van der Waals surface area (Å²) in [4.78, 5) is 0. The lowest BCUT2D eigenvalue weighted by Gasteiger charge is -2.07. The molecule has 0 saturated carbocycles. The lowest BCUT2D eigenvalue weighted by Crippen LogP contribution is -2.02. The Bertz CT molecular complexity index is 551. The van der Waals surface area contributed by atoms with Crippen molar-refractivity contribution in [2.45, 2.75) is 19.8 Å². The second kappa shape index (κ2) is 5.31. The minimum Gasteiger partial charge on any atom is -0.495 e. The number of aryl methyl sites for hydroxylation is 1. The summed E-state index contributed by atoms with van der Waals surface area (Å²) in [7, 11) is 1.59. The van der Waals surface area contributed by atoms with Crippen LogP contribution < -0.4 is 10.5 Å². The number of hydrogen-bond acceptors (Lipinski definition) is 3. The summed E-state index contributed by atoms with van der Waals surface area (Å²) in [5, 5.41) is 5.00. The maximum atomic E-state index is 6.09. The molecule has 0 spiro atoms. The van der Waals surface area contributed by atoms with Crippen LogP contribution in [-0.4, -0.2) is 16.9 Å². The van der Waals surface area contributed by atoms with Crippen molar-refractivity contribution in [3.8, 4) is 11.4 Å². The quantitative estimate of drug-likeness (QED) is 0.924. The van der Waals surface area contributed by atoms with Crippen molar-refractivity contribution < 1.29 is 4.74 Å². The Labute approximate surface area is 111 Å². The first kappa shape index (κ1) is 12.8. The minimum absolute atomic E-state index is 0.543. The van der Waals surface area contributed by atoms with Crippen molar-refractivity contribution in [1.29, 1.82) is 0 Å². The maximum absolute atomic E-state index is 6.09. The lowest BCUT2D eigenvalue weighted by molar-refractivity contribution is 0.415. The van der Waals surface area contributed by atoms with E-state index in [9.17, 15) is 0 Å². The molecule has 0 saturated heterocycles. The molecule has 18 heavy (non-hydrogen) atoms. The predicted molar refractivity (Wildman–Crippen MR) is 73.5 cm³/mol. The van der Waals surface area contributed by atoms with Gasteiger partial charge >= 0.3 is 0 Å². The number of anilines is 1. The van der Waals surface area contributed by atoms with Gasteiger partial charge in [0.05, 0.1) is 23.5 Å². The van der Waals surface area contributed by atoms with E-state index >= 15 is 0 Å². The number of rotatable bonds is 4. The zero-order valence-electron chi connectivity index (χ0n) is 10.5. The van der Waals surface area contributed by atoms with Crippen LogP contribution in [0, 0.1) is 0 Å². The van der Waals surface area contributed by atoms with Gasteiger partial charge in [-0.15, -0.1) is 0 Å². The normalized spacial score (nSPS) is 10.6. The number of nitrogen functional groups attached to an aromatic ring is 1. The molecule has 0 radical (unpaired) electrons. The molecule has 1 aromatic heterocycles. The third kappa shape index (κ3) is 2.43. The second-order valence-corrected chi connectivity index (χ2v) is 4.45. The van der Waals surface area contributed by atoms with Crippen molar-refractivity contribution in [1.82, 2.24) is 9.78 Å². The average molecular weight is 266 g/mol. The van der Waals surface area contributed by atoms with E-state index in [2.05, 4.69) is 12.0 Å². The summed E-state index contributed by atoms with van der Waals surface area (Å²) in [6.45, 7) is 2.11. The summed E-state index contributed by atoms with van der Waals surface area (Å²) >= 11 is 6.09. The molecule has 5 heteroatoms. The van der Waals surface area contributed by atoms with Crippen molar-refractivity contribution in [2.75, 3.05) is 12.8 Å². The molecular formula is C13H16ClN3O. The molecule has 0 unspecified atom stereocenters. The zero-order chi connectivity index (χ0) is 13.1. The van der Waals surface area contributed by atoms with E-state index in [4.69, 9.17) is 22.1 Å². The fourth-order valence-electron chi connectivity index (χ4n) is 1.82. The summed E-state index contributed by atoms with van der Waals surface area (Å²) in [6, 6.07) is 7.36. The number of nitrogens with two attached hydrogens (primary N) is 1. The number of halogens is 1. The van der Waals surface area contributed by atoms with Crippen LogP contribution in [0.2, 0.25) is 5.02 Å². The zero-order valence-corrected chi connectivity index (χ0v) is 11.2. The first-order valence-electron chi connectivity index (χ1n) is 5.84. The molecule has 2 aromatic rings. The van der Waals surface area contributed by atoms with Gasteiger partial charge in [-0.25, -0.2) is 4.68 Å². The predicted octanol–water partition coefficient (Wildman–Crippen LogP) is 3.07. The summed E-state index contributed by atoms with van der Waals surface area (Å²) < 4.78 is 6.81. The smallest absolute Gasteiger partial charge is 0.137 e. The van der Waals surface area contributed by atoms with E-state index in [1.807, 2.05) is 12.1 Å². The molecule has 0 atom stereocenters. The van der Waals surface area contributed by atoms with E-state index < -0.39 is 0 Å². The fourth-order valence-corrected chi connectivity index (χ4v) is 2.07. The highest BCUT2D eigenvalue weighted by atomic mass is 35.5. The van der Waals surface area contributed by atoms with Gasteiger partial charge in [-0.2, -0.15) is 5.10 Å². The van der Waals surface area contributed by atoms with Gasteiger partial charge in [-0.1, -0.05) is 24.9 Å². The Morgan fingerprint density at radius 2 is 2.17 bits per heavy atom. The molecule has 0 bridgehead atoms. The molecular weight excluding hydrogens is 250 g/mol. The molecule has 0 aliphatic heterocycles. The second-order valence-electron chi connectivity index (χ2n) is 4.04. The van der Waals surface area contributed by atoms with Gasteiger partial charge in [-0.3, -0.25) is 0 Å². The van der Waals surface area contributed by atoms with Gasteiger partial charge in [0.25, 0.3) is 0 Å². The first-order chi connectivity index (χ1) is 8.65. The fraction of sp³-hybridized carbons (Fsp3) is 0.308. The third-order valence-corrected chi connectivity index (χ3v) is 2.97. The van der Waals surface area contributed by atoms with Crippen LogP contribution in [0.25, 0.3) is 5.69 Å². The van der Waals surface area contributed by atoms with Crippen LogP contribution in [0.3, 0.4) is 0 Å². The van der Waals surface area contributed by atoms with Gasteiger partial charge in [0, 0.05) is 6.07 Å². The Kier molecular flexibility index (Phi) is 3.77. The van der Waals surface area contributed by atoms with Gasteiger partial charge in [0.1, 0.15) is 11.6 Å². The molecule has 0 amide bonds. The molecule has 0 fully saturated rings. The van der Waals surface area contributed by atoms with Crippen molar-refractivity contribution in [3.05, 3.63) is 35.0 Å². The van der Waals surface area contributed by atoms with Crippen LogP contribution >= 0.6 is 11.6 Å². The highest BCUT2D eigenvalue weighted by Crippen LogP contribution is 2.27. The number of hydrogen-bond donors (Lipinski definition) is 1. The Morgan fingerprint density at radius 3 is 2.78 bits per heavy atom. The van der Waals surface area contributed by atoms with Crippen LogP contribution in [0.4, 0.5) is 5.82 Å². The van der Waals surface area contributed by atoms with E-state index in [1.54, 1.807) is 23.9 Å². The molecule has 2 N–H and O–H groups in total. The van der Waals surface area contributed by atoms with Gasteiger partial charge in [0.15, 0.2) is 0 Å². The molecule has 0 aliphatic rings. The Balaban J connectivity index is 2.39. The van der Waals surface area contributed by atoms with E-state index in [0.29, 0.717) is 16.6 Å². The van der Waals surface area contributed by atoms with Crippen LogP contribution in [-0.2, 0) is 6.42 Å². The van der Waals surface area contributed by atoms with Gasteiger partial charge < -0.3 is 10.5 Å². The van der Waals surface area contributed by atoms with Crippen LogP contribution in [0.15, 0.2) is 24.3 Å². The average Bonchev–Trinajstić information content (AvgIpc) is 2.71. The highest BCUT2D eigenvalue weighted by molar-refractivity contribution is 6.32. The number of ether oxygens (including phenoxy) is 1. The summed E-state index contributed by atoms with van der Waals surface area (Å²) in [5.74, 6) is 1.25. The van der Waals surface area contributed by atoms with Crippen molar-refractivity contribution in [3.63, 3.8) is 0 Å². The number of aromatic nitrogens is 2. The van der Waals surface area contributed by atoms with E-state index in [0.717, 1.165) is 24.2 Å². The molecule has 4 nitrogen and oxygen atoms in total. The van der Waals surface area contributed by atoms with E-state index in [-0.39, 0.29) is 0 Å². The SMILES string of the molecule is CCCc1cc(N)n(-c2ccc(OC)c(Cl)c2)n1. The van der Waals surface area contributed by atoms with E-state index in [1.165, 1.54) is 0 Å². The number of nitrogens with zero attached hydrogens (tertiary/aromatic N) is 2. The van der Waals surface area contributed by atoms with Gasteiger partial charge in [0.2, 0.25) is 0 Å². The first-order valence-corrected chi connectivity index (χ1v) is 6.21. The van der Waals surface area contributed by atoms with Crippen LogP contribution in [0.5, 0.6) is 5.75 Å².